The number of nitrogens with zero attached hydrogens (tertiary/aromatic N) is 1. The van der Waals surface area contributed by atoms with Crippen LogP contribution in [0.1, 0.15) is 12.8 Å². The molecule has 2 aliphatic rings. The van der Waals surface area contributed by atoms with Crippen molar-refractivity contribution in [1.29, 1.82) is 0 Å². The highest BCUT2D eigenvalue weighted by molar-refractivity contribution is 9.10. The summed E-state index contributed by atoms with van der Waals surface area (Å²) in [6, 6.07) is 8.28. The average Bonchev–Trinajstić information content (AvgIpc) is 3.17. The lowest BCUT2D eigenvalue weighted by atomic mass is 10.1. The summed E-state index contributed by atoms with van der Waals surface area (Å²) in [4.78, 5) is 14.4. The zero-order valence-electron chi connectivity index (χ0n) is 14.0. The first-order valence-electron chi connectivity index (χ1n) is 8.50. The van der Waals surface area contributed by atoms with Gasteiger partial charge in [0.1, 0.15) is 0 Å². The van der Waals surface area contributed by atoms with Gasteiger partial charge in [0.2, 0.25) is 5.91 Å². The zero-order valence-corrected chi connectivity index (χ0v) is 17.2. The standard InChI is InChI=1S/C17H23BrN2O3S2/c18-14-2-1-3-15(8-14)20-6-4-13(10-20)9-19-17(21)11-24-16-5-7-25(22,23)12-16/h1-3,8,13,16H,4-7,9-12H2,(H,19,21). The van der Waals surface area contributed by atoms with Gasteiger partial charge in [0.25, 0.3) is 0 Å². The normalized spacial score (nSPS) is 25.2. The fraction of sp³-hybridized carbons (Fsp3) is 0.588. The van der Waals surface area contributed by atoms with Gasteiger partial charge in [0.15, 0.2) is 9.84 Å². The topological polar surface area (TPSA) is 66.5 Å². The van der Waals surface area contributed by atoms with Crippen molar-refractivity contribution in [3.05, 3.63) is 28.7 Å². The Kier molecular flexibility index (Phi) is 6.33. The highest BCUT2D eigenvalue weighted by Gasteiger charge is 2.29. The van der Waals surface area contributed by atoms with E-state index in [0.29, 0.717) is 24.6 Å². The fourth-order valence-electron chi connectivity index (χ4n) is 3.30. The van der Waals surface area contributed by atoms with Crippen LogP contribution in [0.4, 0.5) is 5.69 Å². The number of rotatable bonds is 6. The quantitative estimate of drug-likeness (QED) is 0.725. The molecule has 1 aromatic carbocycles. The molecule has 1 N–H and O–H groups in total. The minimum atomic E-state index is -2.87. The van der Waals surface area contributed by atoms with E-state index in [-0.39, 0.29) is 22.7 Å². The maximum Gasteiger partial charge on any atom is 0.230 e. The first kappa shape index (κ1) is 19.0. The maximum absolute atomic E-state index is 12.0. The third-order valence-corrected chi connectivity index (χ3v) is 8.46. The van der Waals surface area contributed by atoms with E-state index in [2.05, 4.69) is 38.3 Å². The molecule has 2 saturated heterocycles. The van der Waals surface area contributed by atoms with Crippen LogP contribution >= 0.6 is 27.7 Å². The number of carbonyl (C=O) groups excluding carboxylic acids is 1. The molecule has 2 aliphatic heterocycles. The second-order valence-electron chi connectivity index (χ2n) is 6.72. The smallest absolute Gasteiger partial charge is 0.230 e. The summed E-state index contributed by atoms with van der Waals surface area (Å²) in [7, 11) is -2.87. The monoisotopic (exact) mass is 446 g/mol. The molecule has 1 aromatic rings. The van der Waals surface area contributed by atoms with Crippen LogP contribution in [0.15, 0.2) is 28.7 Å². The second kappa shape index (κ2) is 8.31. The molecular weight excluding hydrogens is 424 g/mol. The number of benzene rings is 1. The van der Waals surface area contributed by atoms with Gasteiger partial charge < -0.3 is 10.2 Å². The highest BCUT2D eigenvalue weighted by Crippen LogP contribution is 2.26. The Morgan fingerprint density at radius 2 is 2.20 bits per heavy atom. The summed E-state index contributed by atoms with van der Waals surface area (Å²) in [5.41, 5.74) is 1.21. The lowest BCUT2D eigenvalue weighted by molar-refractivity contribution is -0.118. The zero-order chi connectivity index (χ0) is 17.9. The van der Waals surface area contributed by atoms with Gasteiger partial charge in [-0.25, -0.2) is 8.42 Å². The van der Waals surface area contributed by atoms with E-state index in [1.807, 2.05) is 12.1 Å². The average molecular weight is 447 g/mol. The summed E-state index contributed by atoms with van der Waals surface area (Å²) < 4.78 is 23.9. The molecule has 2 heterocycles. The Labute approximate surface area is 162 Å². The van der Waals surface area contributed by atoms with E-state index in [9.17, 15) is 13.2 Å². The van der Waals surface area contributed by atoms with Crippen LogP contribution in [0.5, 0.6) is 0 Å². The molecule has 1 amide bonds. The van der Waals surface area contributed by atoms with Gasteiger partial charge in [-0.1, -0.05) is 22.0 Å². The molecule has 0 aromatic heterocycles. The highest BCUT2D eigenvalue weighted by atomic mass is 79.9. The number of hydrogen-bond acceptors (Lipinski definition) is 5. The molecule has 25 heavy (non-hydrogen) atoms. The molecular formula is C17H23BrN2O3S2. The van der Waals surface area contributed by atoms with Crippen molar-refractivity contribution in [2.45, 2.75) is 18.1 Å². The van der Waals surface area contributed by atoms with E-state index in [1.165, 1.54) is 17.4 Å². The number of carbonyl (C=O) groups is 1. The molecule has 138 valence electrons. The SMILES string of the molecule is O=C(CSC1CCS(=O)(=O)C1)NCC1CCN(c2cccc(Br)c2)C1. The molecule has 2 fully saturated rings. The van der Waals surface area contributed by atoms with Crippen molar-refractivity contribution in [3.8, 4) is 0 Å². The lowest BCUT2D eigenvalue weighted by Crippen LogP contribution is -2.32. The van der Waals surface area contributed by atoms with Crippen LogP contribution in [0.2, 0.25) is 0 Å². The van der Waals surface area contributed by atoms with Gasteiger partial charge in [-0.05, 0) is 37.0 Å². The lowest BCUT2D eigenvalue weighted by Gasteiger charge is -2.19. The molecule has 3 rings (SSSR count). The van der Waals surface area contributed by atoms with Crippen LogP contribution in [-0.2, 0) is 14.6 Å². The first-order chi connectivity index (χ1) is 11.9. The number of sulfone groups is 1. The molecule has 0 spiro atoms. The van der Waals surface area contributed by atoms with Crippen LogP contribution < -0.4 is 10.2 Å². The van der Waals surface area contributed by atoms with Crippen LogP contribution in [0, 0.1) is 5.92 Å². The molecule has 8 heteroatoms. The largest absolute Gasteiger partial charge is 0.371 e. The molecule has 0 saturated carbocycles. The van der Waals surface area contributed by atoms with Crippen molar-refractivity contribution in [1.82, 2.24) is 5.32 Å². The van der Waals surface area contributed by atoms with E-state index in [4.69, 9.17) is 0 Å². The second-order valence-corrected chi connectivity index (χ2v) is 11.2. The van der Waals surface area contributed by atoms with Crippen LogP contribution in [0.3, 0.4) is 0 Å². The minimum Gasteiger partial charge on any atom is -0.371 e. The Bertz CT molecular complexity index is 726. The Balaban J connectivity index is 1.37. The van der Waals surface area contributed by atoms with Crippen molar-refractivity contribution >= 4 is 49.1 Å². The maximum atomic E-state index is 12.0. The number of halogens is 1. The molecule has 2 unspecified atom stereocenters. The third kappa shape index (κ3) is 5.62. The van der Waals surface area contributed by atoms with E-state index < -0.39 is 9.84 Å². The van der Waals surface area contributed by atoms with Gasteiger partial charge in [-0.3, -0.25) is 4.79 Å². The summed E-state index contributed by atoms with van der Waals surface area (Å²) in [5, 5.41) is 3.09. The number of amides is 1. The minimum absolute atomic E-state index is 0.00945. The molecule has 2 atom stereocenters. The number of nitrogens with one attached hydrogen (secondary N) is 1. The summed E-state index contributed by atoms with van der Waals surface area (Å²) >= 11 is 4.97. The summed E-state index contributed by atoms with van der Waals surface area (Å²) in [6.07, 6.45) is 1.74. The number of anilines is 1. The predicted octanol–water partition coefficient (Wildman–Crippen LogP) is 2.31. The van der Waals surface area contributed by atoms with Crippen LogP contribution in [0.25, 0.3) is 0 Å². The summed E-state index contributed by atoms with van der Waals surface area (Å²) in [6.45, 7) is 2.64. The van der Waals surface area contributed by atoms with Gasteiger partial charge in [0, 0.05) is 35.0 Å². The predicted molar refractivity (Wildman–Crippen MR) is 107 cm³/mol. The Morgan fingerprint density at radius 1 is 1.36 bits per heavy atom. The first-order valence-corrected chi connectivity index (χ1v) is 12.2. The summed E-state index contributed by atoms with van der Waals surface area (Å²) in [5.74, 6) is 1.30. The molecule has 0 radical (unpaired) electrons. The van der Waals surface area contributed by atoms with Crippen molar-refractivity contribution in [2.24, 2.45) is 5.92 Å². The third-order valence-electron chi connectivity index (χ3n) is 4.69. The van der Waals surface area contributed by atoms with Gasteiger partial charge in [-0.2, -0.15) is 0 Å². The van der Waals surface area contributed by atoms with Gasteiger partial charge >= 0.3 is 0 Å². The van der Waals surface area contributed by atoms with Crippen molar-refractivity contribution in [3.63, 3.8) is 0 Å². The van der Waals surface area contributed by atoms with Gasteiger partial charge in [0.05, 0.1) is 17.3 Å². The molecule has 5 nitrogen and oxygen atoms in total. The fourth-order valence-corrected chi connectivity index (χ4v) is 7.16. The van der Waals surface area contributed by atoms with E-state index >= 15 is 0 Å². The van der Waals surface area contributed by atoms with Crippen molar-refractivity contribution < 1.29 is 13.2 Å². The van der Waals surface area contributed by atoms with Crippen molar-refractivity contribution in [2.75, 3.05) is 41.8 Å². The Morgan fingerprint density at radius 3 is 2.92 bits per heavy atom. The number of thioether (sulfide) groups is 1. The number of hydrogen-bond donors (Lipinski definition) is 1. The van der Waals surface area contributed by atoms with Gasteiger partial charge in [-0.15, -0.1) is 11.8 Å². The Hall–Kier alpha value is -0.730. The molecule has 0 bridgehead atoms. The van der Waals surface area contributed by atoms with E-state index in [0.717, 1.165) is 24.0 Å². The molecule has 0 aliphatic carbocycles. The van der Waals surface area contributed by atoms with Crippen LogP contribution in [-0.4, -0.2) is 56.5 Å². The van der Waals surface area contributed by atoms with E-state index in [1.54, 1.807) is 0 Å².